The SMILES string of the molecule is C.C[Si](C)(C)CCOCn1c(O[C@@H]2CO[C@H]3[C@@H]2OC[C@H]3O)nc2c(F)c(I)c(F)cc21.C[Si](C)(C)CCOCn1c(O[C@@H]2CO[C@H]3[C@@H]2OC[C@H]3O)nc2cc(F)c(I)c(F)c21. The van der Waals surface area contributed by atoms with Crippen LogP contribution in [0.25, 0.3) is 22.1 Å². The first-order valence-corrected chi connectivity index (χ1v) is 29.3. The summed E-state index contributed by atoms with van der Waals surface area (Å²) in [6, 6.07) is 4.56. The largest absolute Gasteiger partial charge is 0.456 e. The highest BCUT2D eigenvalue weighted by Crippen LogP contribution is 2.35. The number of fused-ring (bicyclic) bond motifs is 4. The van der Waals surface area contributed by atoms with Gasteiger partial charge in [0.2, 0.25) is 0 Å². The van der Waals surface area contributed by atoms with Crippen LogP contribution in [0.15, 0.2) is 12.1 Å². The van der Waals surface area contributed by atoms with E-state index in [2.05, 4.69) is 49.3 Å². The first-order valence-electron chi connectivity index (χ1n) is 19.7. The van der Waals surface area contributed by atoms with Gasteiger partial charge in [0, 0.05) is 41.5 Å². The van der Waals surface area contributed by atoms with Gasteiger partial charge in [0.25, 0.3) is 12.0 Å². The van der Waals surface area contributed by atoms with E-state index in [0.717, 1.165) is 12.1 Å². The Hall–Kier alpha value is -1.73. The molecule has 8 rings (SSSR count). The van der Waals surface area contributed by atoms with Gasteiger partial charge in [0.05, 0.1) is 44.6 Å². The maximum atomic E-state index is 14.9. The molecular formula is C39H54F4I2N4O10Si2. The molecule has 0 spiro atoms. The van der Waals surface area contributed by atoms with Crippen LogP contribution in [-0.4, -0.2) is 134 Å². The molecule has 0 aliphatic carbocycles. The van der Waals surface area contributed by atoms with Gasteiger partial charge in [-0.2, -0.15) is 9.97 Å². The molecule has 0 radical (unpaired) electrons. The van der Waals surface area contributed by atoms with Crippen LogP contribution in [0.2, 0.25) is 51.4 Å². The van der Waals surface area contributed by atoms with Crippen LogP contribution in [-0.2, 0) is 41.9 Å². The van der Waals surface area contributed by atoms with Gasteiger partial charge in [0.1, 0.15) is 72.8 Å². The summed E-state index contributed by atoms with van der Waals surface area (Å²) in [5.41, 5.74) is 0.562. The van der Waals surface area contributed by atoms with Crippen molar-refractivity contribution in [2.24, 2.45) is 0 Å². The molecule has 2 N–H and O–H groups in total. The van der Waals surface area contributed by atoms with Gasteiger partial charge >= 0.3 is 0 Å². The lowest BCUT2D eigenvalue weighted by atomic mass is 10.1. The summed E-state index contributed by atoms with van der Waals surface area (Å²) in [5.74, 6) is -2.77. The maximum absolute atomic E-state index is 14.9. The fraction of sp³-hybridized carbons (Fsp3) is 0.641. The number of nitrogens with zero attached hydrogens (tertiary/aromatic N) is 4. The number of benzene rings is 2. The minimum Gasteiger partial charge on any atom is -0.456 e. The zero-order valence-electron chi connectivity index (χ0n) is 34.1. The van der Waals surface area contributed by atoms with Gasteiger partial charge < -0.3 is 48.1 Å². The van der Waals surface area contributed by atoms with Gasteiger partial charge in [0.15, 0.2) is 23.8 Å². The average molecular weight is 1120 g/mol. The number of aromatic nitrogens is 4. The van der Waals surface area contributed by atoms with Gasteiger partial charge in [-0.3, -0.25) is 9.13 Å². The van der Waals surface area contributed by atoms with Crippen molar-refractivity contribution in [2.45, 2.75) is 121 Å². The molecule has 14 nitrogen and oxygen atoms in total. The number of rotatable bonds is 14. The lowest BCUT2D eigenvalue weighted by molar-refractivity contribution is 0.00333. The third-order valence-electron chi connectivity index (χ3n) is 10.6. The number of ether oxygens (including phenoxy) is 8. The Balaban J connectivity index is 0.000000201. The summed E-state index contributed by atoms with van der Waals surface area (Å²) in [4.78, 5) is 8.60. The number of aliphatic hydroxyl groups is 2. The van der Waals surface area contributed by atoms with Crippen molar-refractivity contribution in [2.75, 3.05) is 39.6 Å². The number of halogens is 6. The average Bonchev–Trinajstić information content (AvgIpc) is 4.03. The van der Waals surface area contributed by atoms with Crippen LogP contribution < -0.4 is 9.47 Å². The Labute approximate surface area is 381 Å². The molecule has 4 aliphatic rings. The third kappa shape index (κ3) is 10.9. The quantitative estimate of drug-likeness (QED) is 0.0445. The van der Waals surface area contributed by atoms with Gasteiger partial charge in [-0.05, 0) is 57.3 Å². The molecular weight excluding hydrogens is 1070 g/mol. The Morgan fingerprint density at radius 3 is 1.66 bits per heavy atom. The molecule has 61 heavy (non-hydrogen) atoms. The molecule has 0 unspecified atom stereocenters. The zero-order valence-corrected chi connectivity index (χ0v) is 40.4. The molecule has 6 heterocycles. The van der Waals surface area contributed by atoms with E-state index < -0.39 is 88.2 Å². The fourth-order valence-electron chi connectivity index (χ4n) is 7.17. The van der Waals surface area contributed by atoms with Crippen molar-refractivity contribution >= 4 is 83.4 Å². The fourth-order valence-corrected chi connectivity index (χ4v) is 9.51. The highest BCUT2D eigenvalue weighted by atomic mass is 127. The normalized spacial score (nSPS) is 26.1. The first-order chi connectivity index (χ1) is 28.3. The van der Waals surface area contributed by atoms with Crippen LogP contribution in [0, 0.1) is 30.4 Å². The van der Waals surface area contributed by atoms with Gasteiger partial charge in [-0.15, -0.1) is 0 Å². The van der Waals surface area contributed by atoms with E-state index in [1.807, 2.05) is 0 Å². The molecule has 4 saturated heterocycles. The topological polar surface area (TPSA) is 150 Å². The summed E-state index contributed by atoms with van der Waals surface area (Å²) in [6.07, 6.45) is -4.26. The van der Waals surface area contributed by atoms with Crippen LogP contribution >= 0.6 is 45.2 Å². The molecule has 0 amide bonds. The van der Waals surface area contributed by atoms with Crippen LogP contribution in [0.4, 0.5) is 17.6 Å². The summed E-state index contributed by atoms with van der Waals surface area (Å²) in [5, 5.41) is 19.8. The number of imidazole rings is 2. The Morgan fingerprint density at radius 1 is 0.672 bits per heavy atom. The zero-order chi connectivity index (χ0) is 43.3. The first kappa shape index (κ1) is 48.7. The van der Waals surface area contributed by atoms with Crippen molar-refractivity contribution in [1.29, 1.82) is 0 Å². The second-order valence-corrected chi connectivity index (χ2v) is 31.1. The van der Waals surface area contributed by atoms with E-state index in [1.54, 1.807) is 45.2 Å². The molecule has 2 aromatic carbocycles. The van der Waals surface area contributed by atoms with Crippen molar-refractivity contribution in [3.05, 3.63) is 42.5 Å². The predicted molar refractivity (Wildman–Crippen MR) is 239 cm³/mol. The Kier molecular flexibility index (Phi) is 15.8. The monoisotopic (exact) mass is 1120 g/mol. The minimum atomic E-state index is -1.29. The van der Waals surface area contributed by atoms with Crippen molar-refractivity contribution in [3.8, 4) is 12.0 Å². The summed E-state index contributed by atoms with van der Waals surface area (Å²) < 4.78 is 107. The van der Waals surface area contributed by atoms with E-state index in [9.17, 15) is 27.8 Å². The molecule has 8 atom stereocenters. The predicted octanol–water partition coefficient (Wildman–Crippen LogP) is 6.91. The van der Waals surface area contributed by atoms with Crippen LogP contribution in [0.3, 0.4) is 0 Å². The second kappa shape index (κ2) is 19.8. The molecule has 0 bridgehead atoms. The molecule has 4 aromatic rings. The lowest BCUT2D eigenvalue weighted by Crippen LogP contribution is -2.35. The number of hydrogen-bond donors (Lipinski definition) is 2. The van der Waals surface area contributed by atoms with Crippen molar-refractivity contribution in [1.82, 2.24) is 19.1 Å². The van der Waals surface area contributed by atoms with E-state index in [-0.39, 0.29) is 88.5 Å². The summed E-state index contributed by atoms with van der Waals surface area (Å²) in [6.45, 7) is 15.4. The van der Waals surface area contributed by atoms with Gasteiger partial charge in [-0.25, -0.2) is 17.6 Å². The van der Waals surface area contributed by atoms with E-state index in [1.165, 1.54) is 21.3 Å². The number of aliphatic hydroxyl groups excluding tert-OH is 2. The second-order valence-electron chi connectivity index (χ2n) is 17.7. The molecule has 0 saturated carbocycles. The molecule has 4 aliphatic heterocycles. The molecule has 4 fully saturated rings. The van der Waals surface area contributed by atoms with Crippen molar-refractivity contribution < 1.29 is 65.7 Å². The molecule has 22 heteroatoms. The van der Waals surface area contributed by atoms with E-state index >= 15 is 0 Å². The van der Waals surface area contributed by atoms with Gasteiger partial charge in [-0.1, -0.05) is 46.7 Å². The van der Waals surface area contributed by atoms with Crippen LogP contribution in [0.5, 0.6) is 12.0 Å². The standard InChI is InChI=1S/2C19H25F2IN2O5Si.CH4/c1-30(2,3)5-4-26-9-24-11-6-10(20)15(22)14(21)16(11)23-19(24)29-13-8-28-17-12(25)7-27-18(13)17;1-30(2,3)5-4-26-9-24-16-11(6-10(20)15(22)14(16)21)23-19(24)29-13-8-28-17-12(25)7-27-18(13)17;/h2*6,12-13,17-18,25H,4-5,7-9H2,1-3H3;1H4/t2*12-,13-,17-,18-;/m11./s1. The highest BCUT2D eigenvalue weighted by Gasteiger charge is 2.50. The minimum absolute atomic E-state index is 0. The van der Waals surface area contributed by atoms with E-state index in [4.69, 9.17) is 37.9 Å². The third-order valence-corrected chi connectivity index (χ3v) is 16.0. The van der Waals surface area contributed by atoms with E-state index in [0.29, 0.717) is 13.2 Å². The summed E-state index contributed by atoms with van der Waals surface area (Å²) >= 11 is 3.26. The Bertz CT molecular complexity index is 2140. The highest BCUT2D eigenvalue weighted by molar-refractivity contribution is 14.1. The number of hydrogen-bond acceptors (Lipinski definition) is 12. The Morgan fingerprint density at radius 2 is 1.13 bits per heavy atom. The smallest absolute Gasteiger partial charge is 0.299 e. The van der Waals surface area contributed by atoms with Crippen molar-refractivity contribution in [3.63, 3.8) is 0 Å². The molecule has 340 valence electrons. The molecule has 2 aromatic heterocycles. The van der Waals surface area contributed by atoms with Crippen LogP contribution in [0.1, 0.15) is 7.43 Å². The summed E-state index contributed by atoms with van der Waals surface area (Å²) in [7, 11) is -2.57. The lowest BCUT2D eigenvalue weighted by Gasteiger charge is -2.19. The maximum Gasteiger partial charge on any atom is 0.299 e.